The second kappa shape index (κ2) is 11.2. The maximum Gasteiger partial charge on any atom is 0.269 e. The van der Waals surface area contributed by atoms with Gasteiger partial charge in [0.1, 0.15) is 11.4 Å². The molecule has 1 amide bonds. The van der Waals surface area contributed by atoms with E-state index in [1.165, 1.54) is 4.68 Å². The molecule has 0 bridgehead atoms. The molecule has 1 aromatic carbocycles. The molecule has 1 atom stereocenters. The number of aromatic nitrogens is 4. The van der Waals surface area contributed by atoms with Crippen LogP contribution >= 0.6 is 11.6 Å². The summed E-state index contributed by atoms with van der Waals surface area (Å²) < 4.78 is 1.51. The molecule has 3 heterocycles. The fourth-order valence-electron chi connectivity index (χ4n) is 4.05. The molecule has 11 heteroatoms. The summed E-state index contributed by atoms with van der Waals surface area (Å²) in [5.74, 6) is 0.200. The van der Waals surface area contributed by atoms with E-state index < -0.39 is 0 Å². The van der Waals surface area contributed by atoms with Crippen molar-refractivity contribution in [2.24, 2.45) is 13.0 Å². The molecule has 0 saturated carbocycles. The molecule has 36 heavy (non-hydrogen) atoms. The number of hydrogen-bond donors (Lipinski definition) is 3. The zero-order valence-corrected chi connectivity index (χ0v) is 21.8. The van der Waals surface area contributed by atoms with E-state index >= 15 is 0 Å². The number of piperazine rings is 1. The summed E-state index contributed by atoms with van der Waals surface area (Å²) in [7, 11) is 3.83. The Morgan fingerprint density at radius 2 is 1.86 bits per heavy atom. The predicted octanol–water partition coefficient (Wildman–Crippen LogP) is 2.77. The lowest BCUT2D eigenvalue weighted by Gasteiger charge is -2.34. The number of hydrogen-bond acceptors (Lipinski definition) is 8. The summed E-state index contributed by atoms with van der Waals surface area (Å²) in [6.07, 6.45) is 1.64. The highest BCUT2D eigenvalue weighted by Crippen LogP contribution is 2.30. The normalized spacial score (nSPS) is 15.2. The van der Waals surface area contributed by atoms with E-state index in [9.17, 15) is 9.90 Å². The van der Waals surface area contributed by atoms with Crippen molar-refractivity contribution in [1.29, 1.82) is 0 Å². The number of anilines is 3. The van der Waals surface area contributed by atoms with Crippen molar-refractivity contribution < 1.29 is 9.90 Å². The lowest BCUT2D eigenvalue weighted by atomic mass is 10.1. The number of nitrogens with zero attached hydrogens (tertiary/aromatic N) is 6. The third kappa shape index (κ3) is 5.95. The summed E-state index contributed by atoms with van der Waals surface area (Å²) in [5.41, 5.74) is 3.29. The zero-order chi connectivity index (χ0) is 25.8. The van der Waals surface area contributed by atoms with Crippen LogP contribution in [0.25, 0.3) is 11.4 Å². The topological polar surface area (TPSA) is 111 Å². The van der Waals surface area contributed by atoms with Gasteiger partial charge in [0.2, 0.25) is 5.95 Å². The maximum atomic E-state index is 12.7. The number of nitrogens with one attached hydrogen (secondary N) is 2. The van der Waals surface area contributed by atoms with E-state index in [1.807, 2.05) is 32.0 Å². The molecule has 1 saturated heterocycles. The van der Waals surface area contributed by atoms with Crippen LogP contribution in [0.15, 0.2) is 36.5 Å². The van der Waals surface area contributed by atoms with Gasteiger partial charge >= 0.3 is 0 Å². The van der Waals surface area contributed by atoms with Gasteiger partial charge in [0.15, 0.2) is 0 Å². The Kier molecular flexibility index (Phi) is 8.07. The largest absolute Gasteiger partial charge is 0.394 e. The van der Waals surface area contributed by atoms with Gasteiger partial charge in [-0.15, -0.1) is 0 Å². The average molecular weight is 513 g/mol. The molecule has 10 nitrogen and oxygen atoms in total. The Balaban J connectivity index is 1.48. The number of aryl methyl sites for hydroxylation is 1. The second-order valence-corrected chi connectivity index (χ2v) is 9.80. The molecule has 0 spiro atoms. The number of likely N-dealkylation sites (N-methyl/N-ethyl adjacent to an activating group) is 1. The van der Waals surface area contributed by atoms with Gasteiger partial charge in [-0.3, -0.25) is 9.48 Å². The zero-order valence-electron chi connectivity index (χ0n) is 21.1. The van der Waals surface area contributed by atoms with Crippen molar-refractivity contribution in [2.45, 2.75) is 19.9 Å². The Bertz CT molecular complexity index is 1210. The van der Waals surface area contributed by atoms with Gasteiger partial charge in [-0.2, -0.15) is 5.10 Å². The molecule has 0 radical (unpaired) electrons. The minimum atomic E-state index is -0.333. The van der Waals surface area contributed by atoms with Gasteiger partial charge in [0.05, 0.1) is 29.1 Å². The standard InChI is InChI=1S/C25H33ClN8O2/c1-16(2)21(15-35)29-24(36)23-14-20(31-33(23)4)19-7-8-27-25(30-19)28-17-5-6-22(18(26)13-17)34-11-9-32(3)10-12-34/h5-8,13-14,16,21,35H,9-12,15H2,1-4H3,(H,29,36)(H,27,28,30)/t21-/m1/s1. The third-order valence-electron chi connectivity index (χ3n) is 6.40. The highest BCUT2D eigenvalue weighted by Gasteiger charge is 2.21. The van der Waals surface area contributed by atoms with E-state index in [-0.39, 0.29) is 24.5 Å². The smallest absolute Gasteiger partial charge is 0.269 e. The highest BCUT2D eigenvalue weighted by molar-refractivity contribution is 6.33. The van der Waals surface area contributed by atoms with E-state index in [0.29, 0.717) is 28.1 Å². The highest BCUT2D eigenvalue weighted by atomic mass is 35.5. The number of aliphatic hydroxyl groups excluding tert-OH is 1. The summed E-state index contributed by atoms with van der Waals surface area (Å²) >= 11 is 6.61. The molecule has 3 N–H and O–H groups in total. The third-order valence-corrected chi connectivity index (χ3v) is 6.70. The molecule has 1 aliphatic heterocycles. The monoisotopic (exact) mass is 512 g/mol. The van der Waals surface area contributed by atoms with Crippen molar-refractivity contribution >= 4 is 34.8 Å². The SMILES string of the molecule is CC(C)[C@@H](CO)NC(=O)c1cc(-c2ccnc(Nc3ccc(N4CCN(C)CC4)c(Cl)c3)n2)nn1C. The van der Waals surface area contributed by atoms with Crippen molar-refractivity contribution in [1.82, 2.24) is 30.0 Å². The summed E-state index contributed by atoms with van der Waals surface area (Å²) in [6.45, 7) is 7.65. The van der Waals surface area contributed by atoms with Gasteiger partial charge in [-0.05, 0) is 43.3 Å². The van der Waals surface area contributed by atoms with Crippen molar-refractivity contribution in [3.63, 3.8) is 0 Å². The Morgan fingerprint density at radius 1 is 1.11 bits per heavy atom. The van der Waals surface area contributed by atoms with Crippen LogP contribution in [-0.4, -0.2) is 81.5 Å². The minimum Gasteiger partial charge on any atom is -0.394 e. The van der Waals surface area contributed by atoms with Crippen molar-refractivity contribution in [2.75, 3.05) is 50.1 Å². The maximum absolute atomic E-state index is 12.7. The first-order chi connectivity index (χ1) is 17.2. The van der Waals surface area contributed by atoms with Crippen LogP contribution in [0.4, 0.5) is 17.3 Å². The van der Waals surface area contributed by atoms with Gasteiger partial charge in [-0.1, -0.05) is 25.4 Å². The van der Waals surface area contributed by atoms with E-state index in [1.54, 1.807) is 25.4 Å². The summed E-state index contributed by atoms with van der Waals surface area (Å²) in [6, 6.07) is 8.94. The van der Waals surface area contributed by atoms with Gasteiger partial charge in [0, 0.05) is 45.1 Å². The van der Waals surface area contributed by atoms with Crippen LogP contribution in [0, 0.1) is 5.92 Å². The van der Waals surface area contributed by atoms with Gasteiger partial charge in [0.25, 0.3) is 5.91 Å². The fourth-order valence-corrected chi connectivity index (χ4v) is 4.35. The first kappa shape index (κ1) is 25.9. The molecule has 4 rings (SSSR count). The Morgan fingerprint density at radius 3 is 2.53 bits per heavy atom. The van der Waals surface area contributed by atoms with Gasteiger partial charge in [-0.25, -0.2) is 9.97 Å². The quantitative estimate of drug-likeness (QED) is 0.422. The van der Waals surface area contributed by atoms with E-state index in [0.717, 1.165) is 37.6 Å². The number of amides is 1. The predicted molar refractivity (Wildman–Crippen MR) is 142 cm³/mol. The molecule has 0 unspecified atom stereocenters. The molecule has 192 valence electrons. The second-order valence-electron chi connectivity index (χ2n) is 9.39. The molecular weight excluding hydrogens is 480 g/mol. The fraction of sp³-hybridized carbons (Fsp3) is 0.440. The number of aliphatic hydroxyl groups is 1. The minimum absolute atomic E-state index is 0.103. The number of carbonyl (C=O) groups excluding carboxylic acids is 1. The van der Waals surface area contributed by atoms with Crippen LogP contribution in [0.1, 0.15) is 24.3 Å². The van der Waals surface area contributed by atoms with Crippen LogP contribution in [0.5, 0.6) is 0 Å². The summed E-state index contributed by atoms with van der Waals surface area (Å²) in [4.78, 5) is 26.2. The number of carbonyl (C=O) groups is 1. The molecular formula is C25H33ClN8O2. The molecule has 3 aromatic rings. The lowest BCUT2D eigenvalue weighted by Crippen LogP contribution is -2.44. The lowest BCUT2D eigenvalue weighted by molar-refractivity contribution is 0.0887. The summed E-state index contributed by atoms with van der Waals surface area (Å²) in [5, 5.41) is 20.7. The molecule has 1 aliphatic rings. The average Bonchev–Trinajstić information content (AvgIpc) is 3.25. The number of benzene rings is 1. The molecule has 1 fully saturated rings. The van der Waals surface area contributed by atoms with Crippen LogP contribution in [0.2, 0.25) is 5.02 Å². The van der Waals surface area contributed by atoms with E-state index in [4.69, 9.17) is 11.6 Å². The first-order valence-electron chi connectivity index (χ1n) is 12.0. The van der Waals surface area contributed by atoms with Crippen LogP contribution in [-0.2, 0) is 7.05 Å². The van der Waals surface area contributed by atoms with Gasteiger partial charge < -0.3 is 25.5 Å². The van der Waals surface area contributed by atoms with Crippen LogP contribution < -0.4 is 15.5 Å². The number of halogens is 1. The Labute approximate surface area is 216 Å². The van der Waals surface area contributed by atoms with E-state index in [2.05, 4.69) is 42.5 Å². The van der Waals surface area contributed by atoms with Crippen molar-refractivity contribution in [3.05, 3.63) is 47.2 Å². The van der Waals surface area contributed by atoms with Crippen molar-refractivity contribution in [3.8, 4) is 11.4 Å². The molecule has 0 aliphatic carbocycles. The molecule has 2 aromatic heterocycles. The Hall–Kier alpha value is -3.21. The first-order valence-corrected chi connectivity index (χ1v) is 12.4. The number of rotatable bonds is 8. The van der Waals surface area contributed by atoms with Crippen LogP contribution in [0.3, 0.4) is 0 Å².